The number of nitrogens with two attached hydrogens (primary N) is 1. The zero-order valence-corrected chi connectivity index (χ0v) is 15.9. The Morgan fingerprint density at radius 3 is 2.43 bits per heavy atom. The summed E-state index contributed by atoms with van der Waals surface area (Å²) in [6.07, 6.45) is -2.66. The minimum atomic E-state index is -4.57. The Balaban J connectivity index is 1.68. The maximum atomic E-state index is 12.7. The Morgan fingerprint density at radius 1 is 1.07 bits per heavy atom. The SMILES string of the molecule is Nc1c(NNC(=O)Cc2ccccc2)ncnc1Nc1ncc(C(F)(F)F)cc1Cl. The Labute approximate surface area is 173 Å². The third-order valence-electron chi connectivity index (χ3n) is 3.82. The third-order valence-corrected chi connectivity index (χ3v) is 4.11. The number of aromatic nitrogens is 3. The lowest BCUT2D eigenvalue weighted by Gasteiger charge is -2.14. The summed E-state index contributed by atoms with van der Waals surface area (Å²) in [7, 11) is 0. The van der Waals surface area contributed by atoms with Crippen molar-refractivity contribution < 1.29 is 18.0 Å². The molecule has 8 nitrogen and oxygen atoms in total. The molecule has 2 aromatic heterocycles. The van der Waals surface area contributed by atoms with Crippen LogP contribution in [0.1, 0.15) is 11.1 Å². The molecule has 0 saturated heterocycles. The lowest BCUT2D eigenvalue weighted by Crippen LogP contribution is -2.31. The molecule has 1 amide bonds. The molecular weight excluding hydrogens is 423 g/mol. The number of amides is 1. The fourth-order valence-electron chi connectivity index (χ4n) is 2.35. The molecule has 0 bridgehead atoms. The molecule has 30 heavy (non-hydrogen) atoms. The van der Waals surface area contributed by atoms with E-state index >= 15 is 0 Å². The first-order valence-corrected chi connectivity index (χ1v) is 8.81. The van der Waals surface area contributed by atoms with Gasteiger partial charge in [-0.1, -0.05) is 41.9 Å². The molecule has 156 valence electrons. The van der Waals surface area contributed by atoms with Crippen molar-refractivity contribution in [2.75, 3.05) is 16.5 Å². The van der Waals surface area contributed by atoms with Gasteiger partial charge in [0, 0.05) is 6.20 Å². The number of hydrogen-bond acceptors (Lipinski definition) is 7. The monoisotopic (exact) mass is 437 g/mol. The van der Waals surface area contributed by atoms with Crippen molar-refractivity contribution in [2.24, 2.45) is 0 Å². The van der Waals surface area contributed by atoms with E-state index in [2.05, 4.69) is 31.1 Å². The van der Waals surface area contributed by atoms with Gasteiger partial charge < -0.3 is 11.1 Å². The summed E-state index contributed by atoms with van der Waals surface area (Å²) in [5.74, 6) is -0.286. The Kier molecular flexibility index (Phi) is 6.21. The van der Waals surface area contributed by atoms with Gasteiger partial charge in [0.25, 0.3) is 0 Å². The van der Waals surface area contributed by atoms with E-state index in [1.54, 1.807) is 12.1 Å². The molecule has 3 rings (SSSR count). The van der Waals surface area contributed by atoms with Crippen molar-refractivity contribution >= 4 is 40.6 Å². The summed E-state index contributed by atoms with van der Waals surface area (Å²) in [6.45, 7) is 0. The molecule has 0 fully saturated rings. The van der Waals surface area contributed by atoms with Gasteiger partial charge in [-0.05, 0) is 11.6 Å². The molecule has 5 N–H and O–H groups in total. The van der Waals surface area contributed by atoms with E-state index in [0.717, 1.165) is 18.0 Å². The molecule has 0 aliphatic rings. The highest BCUT2D eigenvalue weighted by Gasteiger charge is 2.31. The minimum Gasteiger partial charge on any atom is -0.393 e. The van der Waals surface area contributed by atoms with Crippen molar-refractivity contribution in [1.29, 1.82) is 0 Å². The van der Waals surface area contributed by atoms with Crippen molar-refractivity contribution in [3.63, 3.8) is 0 Å². The smallest absolute Gasteiger partial charge is 0.393 e. The number of benzene rings is 1. The van der Waals surface area contributed by atoms with Crippen LogP contribution in [0.25, 0.3) is 0 Å². The number of nitrogen functional groups attached to an aromatic ring is 1. The van der Waals surface area contributed by atoms with Crippen LogP contribution >= 0.6 is 11.6 Å². The minimum absolute atomic E-state index is 0.00437. The number of anilines is 4. The van der Waals surface area contributed by atoms with Crippen molar-refractivity contribution in [3.8, 4) is 0 Å². The van der Waals surface area contributed by atoms with Crippen LogP contribution in [0.5, 0.6) is 0 Å². The van der Waals surface area contributed by atoms with E-state index in [0.29, 0.717) is 6.20 Å². The molecule has 1 aromatic carbocycles. The van der Waals surface area contributed by atoms with Gasteiger partial charge in [0.2, 0.25) is 5.91 Å². The van der Waals surface area contributed by atoms with Gasteiger partial charge in [-0.25, -0.2) is 15.0 Å². The maximum Gasteiger partial charge on any atom is 0.417 e. The van der Waals surface area contributed by atoms with Crippen LogP contribution in [0.2, 0.25) is 5.02 Å². The Hall–Kier alpha value is -3.60. The van der Waals surface area contributed by atoms with Gasteiger partial charge in [-0.15, -0.1) is 0 Å². The standard InChI is InChI=1S/C18H15ClF3N7O/c19-12-7-11(18(20,21)22)8-24-15(12)27-16-14(23)17(26-9-25-16)29-28-13(30)6-10-4-2-1-3-5-10/h1-5,7-9H,6,23H2,(H,28,30)(H2,24,25,26,27,29). The Morgan fingerprint density at radius 2 is 1.77 bits per heavy atom. The van der Waals surface area contributed by atoms with Crippen molar-refractivity contribution in [1.82, 2.24) is 20.4 Å². The predicted octanol–water partition coefficient (Wildman–Crippen LogP) is 3.56. The summed E-state index contributed by atoms with van der Waals surface area (Å²) in [4.78, 5) is 23.5. The van der Waals surface area contributed by atoms with E-state index in [9.17, 15) is 18.0 Å². The second-order valence-corrected chi connectivity index (χ2v) is 6.40. The van der Waals surface area contributed by atoms with Gasteiger partial charge in [0.05, 0.1) is 17.0 Å². The Bertz CT molecular complexity index is 1050. The molecule has 0 saturated carbocycles. The summed E-state index contributed by atoms with van der Waals surface area (Å²) >= 11 is 5.88. The zero-order chi connectivity index (χ0) is 21.7. The topological polar surface area (TPSA) is 118 Å². The van der Waals surface area contributed by atoms with Gasteiger partial charge in [-0.3, -0.25) is 15.6 Å². The fourth-order valence-corrected chi connectivity index (χ4v) is 2.56. The lowest BCUT2D eigenvalue weighted by atomic mass is 10.1. The van der Waals surface area contributed by atoms with Crippen LogP contribution in [-0.4, -0.2) is 20.9 Å². The first-order valence-electron chi connectivity index (χ1n) is 8.43. The van der Waals surface area contributed by atoms with Gasteiger partial charge in [0.15, 0.2) is 11.6 Å². The number of pyridine rings is 1. The van der Waals surface area contributed by atoms with Crippen LogP contribution in [0, 0.1) is 0 Å². The average Bonchev–Trinajstić information content (AvgIpc) is 2.70. The molecular formula is C18H15ClF3N7O. The number of carbonyl (C=O) groups excluding carboxylic acids is 1. The molecule has 0 atom stereocenters. The highest BCUT2D eigenvalue weighted by Crippen LogP contribution is 2.34. The lowest BCUT2D eigenvalue weighted by molar-refractivity contribution is -0.137. The highest BCUT2D eigenvalue weighted by atomic mass is 35.5. The molecule has 0 aliphatic heterocycles. The first kappa shape index (κ1) is 21.1. The molecule has 0 spiro atoms. The number of hydrogen-bond donors (Lipinski definition) is 4. The quantitative estimate of drug-likeness (QED) is 0.435. The third kappa shape index (κ3) is 5.26. The molecule has 0 radical (unpaired) electrons. The maximum absolute atomic E-state index is 12.7. The summed E-state index contributed by atoms with van der Waals surface area (Å²) in [6, 6.07) is 9.82. The number of halogens is 4. The highest BCUT2D eigenvalue weighted by molar-refractivity contribution is 6.33. The van der Waals surface area contributed by atoms with Crippen LogP contribution < -0.4 is 21.9 Å². The normalized spacial score (nSPS) is 11.1. The van der Waals surface area contributed by atoms with E-state index in [1.807, 2.05) is 18.2 Å². The molecule has 0 unspecified atom stereocenters. The average molecular weight is 438 g/mol. The summed E-state index contributed by atoms with van der Waals surface area (Å²) in [5.41, 5.74) is 10.8. The number of rotatable bonds is 6. The second-order valence-electron chi connectivity index (χ2n) is 6.00. The van der Waals surface area contributed by atoms with Crippen LogP contribution in [-0.2, 0) is 17.4 Å². The van der Waals surface area contributed by atoms with Gasteiger partial charge in [-0.2, -0.15) is 13.2 Å². The zero-order valence-electron chi connectivity index (χ0n) is 15.2. The van der Waals surface area contributed by atoms with E-state index in [4.69, 9.17) is 17.3 Å². The van der Waals surface area contributed by atoms with Crippen LogP contribution in [0.4, 0.5) is 36.3 Å². The van der Waals surface area contributed by atoms with E-state index in [-0.39, 0.29) is 40.5 Å². The van der Waals surface area contributed by atoms with Crippen LogP contribution in [0.3, 0.4) is 0 Å². The molecule has 2 heterocycles. The predicted molar refractivity (Wildman–Crippen MR) is 106 cm³/mol. The van der Waals surface area contributed by atoms with Gasteiger partial charge in [0.1, 0.15) is 17.8 Å². The number of alkyl halides is 3. The van der Waals surface area contributed by atoms with Crippen molar-refractivity contribution in [3.05, 3.63) is 65.1 Å². The van der Waals surface area contributed by atoms with Crippen LogP contribution in [0.15, 0.2) is 48.9 Å². The summed E-state index contributed by atoms with van der Waals surface area (Å²) < 4.78 is 38.2. The number of hydrazine groups is 1. The summed E-state index contributed by atoms with van der Waals surface area (Å²) in [5, 5.41) is 2.38. The second kappa shape index (κ2) is 8.82. The number of nitrogens with zero attached hydrogens (tertiary/aromatic N) is 3. The number of nitrogens with one attached hydrogen (secondary N) is 3. The first-order chi connectivity index (χ1) is 14.2. The molecule has 0 aliphatic carbocycles. The number of carbonyl (C=O) groups is 1. The fraction of sp³-hybridized carbons (Fsp3) is 0.111. The largest absolute Gasteiger partial charge is 0.417 e. The molecule has 3 aromatic rings. The molecule has 12 heteroatoms. The van der Waals surface area contributed by atoms with E-state index < -0.39 is 11.7 Å². The van der Waals surface area contributed by atoms with Gasteiger partial charge >= 0.3 is 6.18 Å². The van der Waals surface area contributed by atoms with E-state index in [1.165, 1.54) is 0 Å². The van der Waals surface area contributed by atoms with Crippen molar-refractivity contribution in [2.45, 2.75) is 12.6 Å².